The Morgan fingerprint density at radius 2 is 1.67 bits per heavy atom. The second-order valence-corrected chi connectivity index (χ2v) is 5.54. The van der Waals surface area contributed by atoms with E-state index in [1.165, 1.54) is 0 Å². The average molecular weight is 286 g/mol. The first-order valence-corrected chi connectivity index (χ1v) is 8.10. The van der Waals surface area contributed by atoms with Crippen molar-refractivity contribution in [1.82, 2.24) is 9.80 Å². The molecule has 3 heteroatoms. The quantitative estimate of drug-likeness (QED) is 0.730. The summed E-state index contributed by atoms with van der Waals surface area (Å²) < 4.78 is 0. The molecule has 0 aliphatic carbocycles. The minimum atomic E-state index is 0.165. The highest BCUT2D eigenvalue weighted by atomic mass is 16.2. The van der Waals surface area contributed by atoms with Crippen LogP contribution in [0.5, 0.6) is 0 Å². The lowest BCUT2D eigenvalue weighted by Crippen LogP contribution is -2.46. The fraction of sp³-hybridized carbons (Fsp3) is 0.500. The molecule has 0 unspecified atom stereocenters. The van der Waals surface area contributed by atoms with Gasteiger partial charge in [-0.05, 0) is 24.5 Å². The van der Waals surface area contributed by atoms with Crippen molar-refractivity contribution in [3.63, 3.8) is 0 Å². The van der Waals surface area contributed by atoms with Gasteiger partial charge >= 0.3 is 6.03 Å². The molecule has 3 nitrogen and oxygen atoms in total. The third kappa shape index (κ3) is 3.87. The van der Waals surface area contributed by atoms with Gasteiger partial charge in [0.15, 0.2) is 0 Å². The summed E-state index contributed by atoms with van der Waals surface area (Å²) in [5.41, 5.74) is 2.21. The first kappa shape index (κ1) is 15.6. The molecule has 0 atom stereocenters. The van der Waals surface area contributed by atoms with Crippen LogP contribution in [0.4, 0.5) is 4.79 Å². The molecule has 0 saturated carbocycles. The summed E-state index contributed by atoms with van der Waals surface area (Å²) in [5, 5.41) is 0. The van der Waals surface area contributed by atoms with E-state index in [4.69, 9.17) is 0 Å². The summed E-state index contributed by atoms with van der Waals surface area (Å²) in [6.45, 7) is 6.71. The van der Waals surface area contributed by atoms with Crippen LogP contribution in [0, 0.1) is 0 Å². The van der Waals surface area contributed by atoms with Gasteiger partial charge in [-0.25, -0.2) is 4.79 Å². The van der Waals surface area contributed by atoms with Crippen molar-refractivity contribution in [3.05, 3.63) is 42.0 Å². The Hall–Kier alpha value is -1.77. The lowest BCUT2D eigenvalue weighted by atomic mass is 10.1. The van der Waals surface area contributed by atoms with Gasteiger partial charge in [0.25, 0.3) is 0 Å². The van der Waals surface area contributed by atoms with E-state index < -0.39 is 0 Å². The van der Waals surface area contributed by atoms with Crippen molar-refractivity contribution in [1.29, 1.82) is 0 Å². The number of amides is 2. The normalized spacial score (nSPS) is 15.3. The molecular formula is C18H26N2O. The van der Waals surface area contributed by atoms with E-state index in [2.05, 4.69) is 32.1 Å². The largest absolute Gasteiger partial charge is 0.324 e. The Balaban J connectivity index is 2.21. The Bertz CT molecular complexity index is 481. The summed E-state index contributed by atoms with van der Waals surface area (Å²) in [4.78, 5) is 16.7. The lowest BCUT2D eigenvalue weighted by molar-refractivity contribution is 0.171. The van der Waals surface area contributed by atoms with Gasteiger partial charge in [0.1, 0.15) is 0 Å². The Morgan fingerprint density at radius 3 is 2.33 bits per heavy atom. The van der Waals surface area contributed by atoms with Crippen LogP contribution in [-0.2, 0) is 0 Å². The zero-order valence-corrected chi connectivity index (χ0v) is 13.2. The molecule has 0 spiro atoms. The molecule has 0 radical (unpaired) electrons. The van der Waals surface area contributed by atoms with Gasteiger partial charge in [0.05, 0.1) is 5.70 Å². The molecule has 0 N–H and O–H groups in total. The summed E-state index contributed by atoms with van der Waals surface area (Å²) in [5.74, 6) is 0. The van der Waals surface area contributed by atoms with Crippen LogP contribution in [0.2, 0.25) is 0 Å². The topological polar surface area (TPSA) is 23.6 Å². The van der Waals surface area contributed by atoms with Crippen molar-refractivity contribution in [2.75, 3.05) is 19.6 Å². The number of urea groups is 1. The third-order valence-electron chi connectivity index (χ3n) is 3.88. The second-order valence-electron chi connectivity index (χ2n) is 5.54. The number of hydrogen-bond acceptors (Lipinski definition) is 1. The van der Waals surface area contributed by atoms with Gasteiger partial charge in [-0.1, -0.05) is 57.0 Å². The molecular weight excluding hydrogens is 260 g/mol. The number of benzene rings is 1. The molecule has 0 saturated heterocycles. The standard InChI is InChI=1S/C18H26N2O/c1-3-5-13-19-15-12-17(16-10-8-7-9-11-16)20(18(19)21)14-6-4-2/h7-12H,3-6,13-15H2,1-2H3. The smallest absolute Gasteiger partial charge is 0.321 e. The van der Waals surface area contributed by atoms with Crippen LogP contribution in [0.15, 0.2) is 36.4 Å². The second kappa shape index (κ2) is 7.87. The van der Waals surface area contributed by atoms with E-state index in [-0.39, 0.29) is 6.03 Å². The van der Waals surface area contributed by atoms with Crippen molar-refractivity contribution in [2.45, 2.75) is 39.5 Å². The van der Waals surface area contributed by atoms with E-state index in [0.717, 1.165) is 56.6 Å². The van der Waals surface area contributed by atoms with Crippen molar-refractivity contribution < 1.29 is 4.79 Å². The van der Waals surface area contributed by atoms with Crippen molar-refractivity contribution >= 4 is 11.7 Å². The van der Waals surface area contributed by atoms with Gasteiger partial charge < -0.3 is 4.90 Å². The third-order valence-corrected chi connectivity index (χ3v) is 3.88. The van der Waals surface area contributed by atoms with E-state index in [9.17, 15) is 4.79 Å². The van der Waals surface area contributed by atoms with Crippen LogP contribution in [0.25, 0.3) is 5.70 Å². The van der Waals surface area contributed by atoms with Crippen LogP contribution in [0.3, 0.4) is 0 Å². The van der Waals surface area contributed by atoms with Crippen LogP contribution in [-0.4, -0.2) is 35.5 Å². The number of rotatable bonds is 7. The number of hydrogen-bond donors (Lipinski definition) is 0. The minimum absolute atomic E-state index is 0.165. The maximum Gasteiger partial charge on any atom is 0.324 e. The number of carbonyl (C=O) groups is 1. The highest BCUT2D eigenvalue weighted by Gasteiger charge is 2.27. The molecule has 1 aromatic carbocycles. The van der Waals surface area contributed by atoms with Crippen LogP contribution in [0.1, 0.15) is 45.1 Å². The highest BCUT2D eigenvalue weighted by molar-refractivity contribution is 5.88. The summed E-state index contributed by atoms with van der Waals surface area (Å²) in [6, 6.07) is 10.4. The molecule has 0 bridgehead atoms. The lowest BCUT2D eigenvalue weighted by Gasteiger charge is -2.36. The Labute approximate surface area is 128 Å². The first-order valence-electron chi connectivity index (χ1n) is 8.10. The Kier molecular flexibility index (Phi) is 5.85. The van der Waals surface area contributed by atoms with Crippen molar-refractivity contribution in [2.24, 2.45) is 0 Å². The van der Waals surface area contributed by atoms with E-state index in [1.54, 1.807) is 0 Å². The zero-order valence-electron chi connectivity index (χ0n) is 13.2. The molecule has 21 heavy (non-hydrogen) atoms. The summed E-state index contributed by atoms with van der Waals surface area (Å²) in [6.07, 6.45) is 6.52. The van der Waals surface area contributed by atoms with Crippen LogP contribution < -0.4 is 0 Å². The van der Waals surface area contributed by atoms with E-state index in [1.807, 2.05) is 28.0 Å². The molecule has 114 valence electrons. The fourth-order valence-electron chi connectivity index (χ4n) is 2.61. The molecule has 1 heterocycles. The SMILES string of the molecule is CCCCN1CC=C(c2ccccc2)N(CCCC)C1=O. The van der Waals surface area contributed by atoms with Gasteiger partial charge in [-0.2, -0.15) is 0 Å². The van der Waals surface area contributed by atoms with E-state index in [0.29, 0.717) is 0 Å². The zero-order chi connectivity index (χ0) is 15.1. The minimum Gasteiger partial charge on any atom is -0.321 e. The molecule has 1 aromatic rings. The maximum absolute atomic E-state index is 12.7. The molecule has 0 fully saturated rings. The predicted octanol–water partition coefficient (Wildman–Crippen LogP) is 4.37. The number of carbonyl (C=O) groups excluding carboxylic acids is 1. The molecule has 1 aliphatic heterocycles. The molecule has 1 aliphatic rings. The molecule has 2 rings (SSSR count). The van der Waals surface area contributed by atoms with Gasteiger partial charge in [-0.3, -0.25) is 4.90 Å². The summed E-state index contributed by atoms with van der Waals surface area (Å²) in [7, 11) is 0. The monoisotopic (exact) mass is 286 g/mol. The summed E-state index contributed by atoms with van der Waals surface area (Å²) >= 11 is 0. The Morgan fingerprint density at radius 1 is 1.00 bits per heavy atom. The van der Waals surface area contributed by atoms with Gasteiger partial charge in [0, 0.05) is 19.6 Å². The first-order chi connectivity index (χ1) is 10.3. The van der Waals surface area contributed by atoms with Crippen LogP contribution >= 0.6 is 0 Å². The van der Waals surface area contributed by atoms with Crippen molar-refractivity contribution in [3.8, 4) is 0 Å². The molecule has 2 amide bonds. The molecule has 0 aromatic heterocycles. The predicted molar refractivity (Wildman–Crippen MR) is 87.9 cm³/mol. The number of unbranched alkanes of at least 4 members (excludes halogenated alkanes) is 2. The highest BCUT2D eigenvalue weighted by Crippen LogP contribution is 2.25. The number of nitrogens with zero attached hydrogens (tertiary/aromatic N) is 2. The fourth-order valence-corrected chi connectivity index (χ4v) is 2.61. The van der Waals surface area contributed by atoms with Gasteiger partial charge in [0.2, 0.25) is 0 Å². The van der Waals surface area contributed by atoms with E-state index >= 15 is 0 Å². The average Bonchev–Trinajstić information content (AvgIpc) is 2.53. The van der Waals surface area contributed by atoms with Gasteiger partial charge in [-0.15, -0.1) is 0 Å². The maximum atomic E-state index is 12.7.